The zero-order valence-corrected chi connectivity index (χ0v) is 18.4. The predicted molar refractivity (Wildman–Crippen MR) is 115 cm³/mol. The molecule has 3 rings (SSSR count). The third kappa shape index (κ3) is 4.03. The summed E-state index contributed by atoms with van der Waals surface area (Å²) in [5, 5.41) is 3.21. The van der Waals surface area contributed by atoms with E-state index in [4.69, 9.17) is 15.6 Å². The minimum atomic E-state index is -0.381. The summed E-state index contributed by atoms with van der Waals surface area (Å²) in [7, 11) is 1.53. The van der Waals surface area contributed by atoms with Gasteiger partial charge in [0.05, 0.1) is 31.9 Å². The number of aryl methyl sites for hydroxylation is 1. The number of esters is 1. The van der Waals surface area contributed by atoms with E-state index in [1.165, 1.54) is 18.2 Å². The molecule has 1 fully saturated rings. The average molecular weight is 398 g/mol. The van der Waals surface area contributed by atoms with Gasteiger partial charge < -0.3 is 9.15 Å². The lowest BCUT2D eigenvalue weighted by molar-refractivity contribution is -0.163. The number of carbonyl (C=O) groups is 1. The highest BCUT2D eigenvalue weighted by atomic mass is 16.5. The van der Waals surface area contributed by atoms with Crippen LogP contribution >= 0.6 is 0 Å². The van der Waals surface area contributed by atoms with Crippen LogP contribution < -0.4 is 5.32 Å². The predicted octanol–water partition coefficient (Wildman–Crippen LogP) is 5.03. The van der Waals surface area contributed by atoms with Crippen molar-refractivity contribution in [2.75, 3.05) is 13.7 Å². The number of fused-ring (bicyclic) bond motifs is 1. The first kappa shape index (κ1) is 21.7. The number of nitrogens with one attached hydrogen (secondary N) is 1. The standard InChI is InChI=1S/C25H35NO3/c1-6-15-26-17-21-19(12-16-29-21)9-10-20-18(2)8-11-22-24(20,3)13-7-14-25(22,4)23(27)28-5/h1,12,16,22,26H,7-11,13-15,17H2,2-5H3/t22-,24-,25+/m1/s1. The second-order valence-electron chi connectivity index (χ2n) is 9.21. The Hall–Kier alpha value is -1.99. The van der Waals surface area contributed by atoms with Gasteiger partial charge >= 0.3 is 5.97 Å². The number of rotatable bonds is 7. The van der Waals surface area contributed by atoms with Crippen molar-refractivity contribution in [3.05, 3.63) is 34.8 Å². The van der Waals surface area contributed by atoms with E-state index in [-0.39, 0.29) is 16.8 Å². The molecular formula is C25H35NO3. The third-order valence-electron chi connectivity index (χ3n) is 7.59. The van der Waals surface area contributed by atoms with Gasteiger partial charge in [-0.25, -0.2) is 0 Å². The molecule has 0 aromatic carbocycles. The average Bonchev–Trinajstić information content (AvgIpc) is 3.14. The summed E-state index contributed by atoms with van der Waals surface area (Å²) in [5.74, 6) is 3.88. The van der Waals surface area contributed by atoms with Crippen LogP contribution in [0.4, 0.5) is 0 Å². The van der Waals surface area contributed by atoms with Gasteiger partial charge in [-0.3, -0.25) is 10.1 Å². The first-order valence-electron chi connectivity index (χ1n) is 10.8. The van der Waals surface area contributed by atoms with Crippen molar-refractivity contribution < 1.29 is 13.9 Å². The van der Waals surface area contributed by atoms with Crippen LogP contribution in [0.5, 0.6) is 0 Å². The van der Waals surface area contributed by atoms with E-state index in [0.29, 0.717) is 19.0 Å². The second kappa shape index (κ2) is 8.79. The number of ether oxygens (including phenoxy) is 1. The van der Waals surface area contributed by atoms with Gasteiger partial charge in [0.2, 0.25) is 0 Å². The second-order valence-corrected chi connectivity index (χ2v) is 9.21. The van der Waals surface area contributed by atoms with Gasteiger partial charge in [-0.2, -0.15) is 0 Å². The van der Waals surface area contributed by atoms with E-state index in [1.54, 1.807) is 11.8 Å². The number of hydrogen-bond acceptors (Lipinski definition) is 4. The highest BCUT2D eigenvalue weighted by Gasteiger charge is 2.55. The number of terminal acetylenes is 1. The van der Waals surface area contributed by atoms with E-state index < -0.39 is 0 Å². The molecule has 0 unspecified atom stereocenters. The quantitative estimate of drug-likeness (QED) is 0.303. The van der Waals surface area contributed by atoms with Gasteiger partial charge in [0.25, 0.3) is 0 Å². The molecule has 1 heterocycles. The lowest BCUT2D eigenvalue weighted by Crippen LogP contribution is -2.50. The number of carbonyl (C=O) groups excluding carboxylic acids is 1. The third-order valence-corrected chi connectivity index (χ3v) is 7.59. The summed E-state index contributed by atoms with van der Waals surface area (Å²) < 4.78 is 10.9. The van der Waals surface area contributed by atoms with Crippen molar-refractivity contribution >= 4 is 5.97 Å². The highest BCUT2D eigenvalue weighted by Crippen LogP contribution is 2.60. The van der Waals surface area contributed by atoms with Gasteiger partial charge in [-0.15, -0.1) is 6.42 Å². The van der Waals surface area contributed by atoms with E-state index >= 15 is 0 Å². The molecule has 2 aliphatic carbocycles. The van der Waals surface area contributed by atoms with E-state index in [9.17, 15) is 4.79 Å². The molecule has 1 aromatic heterocycles. The van der Waals surface area contributed by atoms with Gasteiger partial charge in [-0.05, 0) is 75.3 Å². The van der Waals surface area contributed by atoms with E-state index in [2.05, 4.69) is 38.1 Å². The van der Waals surface area contributed by atoms with Crippen LogP contribution in [0, 0.1) is 29.1 Å². The zero-order valence-electron chi connectivity index (χ0n) is 18.4. The minimum absolute atomic E-state index is 0.0379. The molecule has 0 saturated heterocycles. The summed E-state index contributed by atoms with van der Waals surface area (Å²) in [6.45, 7) is 8.00. The van der Waals surface area contributed by atoms with Crippen molar-refractivity contribution in [1.82, 2.24) is 5.32 Å². The van der Waals surface area contributed by atoms with Crippen molar-refractivity contribution in [2.45, 2.75) is 72.3 Å². The van der Waals surface area contributed by atoms with Crippen LogP contribution in [0.1, 0.15) is 70.6 Å². The summed E-state index contributed by atoms with van der Waals surface area (Å²) in [6.07, 6.45) is 14.4. The molecule has 0 bridgehead atoms. The lowest BCUT2D eigenvalue weighted by Gasteiger charge is -2.54. The number of hydrogen-bond donors (Lipinski definition) is 1. The maximum Gasteiger partial charge on any atom is 0.311 e. The molecule has 29 heavy (non-hydrogen) atoms. The summed E-state index contributed by atoms with van der Waals surface area (Å²) in [6, 6.07) is 2.07. The van der Waals surface area contributed by atoms with E-state index in [0.717, 1.165) is 50.7 Å². The molecule has 0 spiro atoms. The Kier molecular flexibility index (Phi) is 6.58. The fraction of sp³-hybridized carbons (Fsp3) is 0.640. The summed E-state index contributed by atoms with van der Waals surface area (Å²) in [4.78, 5) is 12.7. The normalized spacial score (nSPS) is 29.3. The Balaban J connectivity index is 1.80. The molecule has 1 aromatic rings. The fourth-order valence-electron chi connectivity index (χ4n) is 6.10. The Morgan fingerprint density at radius 3 is 2.90 bits per heavy atom. The molecule has 3 atom stereocenters. The maximum absolute atomic E-state index is 12.7. The topological polar surface area (TPSA) is 51.5 Å². The number of allylic oxidation sites excluding steroid dienone is 2. The highest BCUT2D eigenvalue weighted by molar-refractivity contribution is 5.77. The zero-order chi connectivity index (χ0) is 21.1. The molecule has 0 radical (unpaired) electrons. The van der Waals surface area contributed by atoms with Gasteiger partial charge in [0.15, 0.2) is 0 Å². The molecule has 158 valence electrons. The van der Waals surface area contributed by atoms with Gasteiger partial charge in [0, 0.05) is 0 Å². The minimum Gasteiger partial charge on any atom is -0.469 e. The van der Waals surface area contributed by atoms with Crippen molar-refractivity contribution in [3.63, 3.8) is 0 Å². The van der Waals surface area contributed by atoms with Crippen LogP contribution in [0.2, 0.25) is 0 Å². The molecule has 0 aliphatic heterocycles. The van der Waals surface area contributed by atoms with Crippen LogP contribution in [0.15, 0.2) is 27.9 Å². The Morgan fingerprint density at radius 1 is 1.38 bits per heavy atom. The largest absolute Gasteiger partial charge is 0.469 e. The van der Waals surface area contributed by atoms with Crippen LogP contribution in [0.25, 0.3) is 0 Å². The Morgan fingerprint density at radius 2 is 2.17 bits per heavy atom. The van der Waals surface area contributed by atoms with Crippen molar-refractivity contribution in [3.8, 4) is 12.3 Å². The summed E-state index contributed by atoms with van der Waals surface area (Å²) in [5.41, 5.74) is 3.98. The number of furan rings is 1. The van der Waals surface area contributed by atoms with Crippen LogP contribution in [0.3, 0.4) is 0 Å². The first-order valence-corrected chi connectivity index (χ1v) is 10.8. The molecule has 2 aliphatic rings. The molecule has 1 N–H and O–H groups in total. The van der Waals surface area contributed by atoms with E-state index in [1.807, 2.05) is 0 Å². The lowest BCUT2D eigenvalue weighted by atomic mass is 9.49. The Labute approximate surface area is 175 Å². The Bertz CT molecular complexity index is 814. The molecular weight excluding hydrogens is 362 g/mol. The SMILES string of the molecule is C#CCNCc1occc1CCC1=C(C)CC[C@H]2[C@@](C)(C(=O)OC)CCC[C@]12C. The van der Waals surface area contributed by atoms with Crippen LogP contribution in [-0.2, 0) is 22.5 Å². The molecule has 1 saturated carbocycles. The van der Waals surface area contributed by atoms with Crippen molar-refractivity contribution in [2.24, 2.45) is 16.7 Å². The molecule has 4 nitrogen and oxygen atoms in total. The van der Waals surface area contributed by atoms with Crippen molar-refractivity contribution in [1.29, 1.82) is 0 Å². The maximum atomic E-state index is 12.7. The first-order chi connectivity index (χ1) is 13.9. The van der Waals surface area contributed by atoms with Gasteiger partial charge in [0.1, 0.15) is 5.76 Å². The number of methoxy groups -OCH3 is 1. The smallest absolute Gasteiger partial charge is 0.311 e. The fourth-order valence-corrected chi connectivity index (χ4v) is 6.10. The summed E-state index contributed by atoms with van der Waals surface area (Å²) >= 11 is 0. The van der Waals surface area contributed by atoms with Crippen LogP contribution in [-0.4, -0.2) is 19.6 Å². The molecule has 0 amide bonds. The van der Waals surface area contributed by atoms with Gasteiger partial charge in [-0.1, -0.05) is 30.4 Å². The monoisotopic (exact) mass is 397 g/mol. The molecule has 4 heteroatoms.